The summed E-state index contributed by atoms with van der Waals surface area (Å²) in [5.41, 5.74) is 6.18. The number of benzene rings is 2. The van der Waals surface area contributed by atoms with Gasteiger partial charge in [0, 0.05) is 19.3 Å². The lowest BCUT2D eigenvalue weighted by molar-refractivity contribution is -0.137. The molecule has 0 aromatic heterocycles. The third-order valence-electron chi connectivity index (χ3n) is 3.09. The molecular weight excluding hydrogens is 284 g/mol. The van der Waals surface area contributed by atoms with Crippen molar-refractivity contribution >= 4 is 11.4 Å². The number of nitrogen functional groups attached to an aromatic ring is 1. The van der Waals surface area contributed by atoms with Crippen LogP contribution in [0.2, 0.25) is 0 Å². The van der Waals surface area contributed by atoms with Crippen LogP contribution in [0.5, 0.6) is 0 Å². The molecule has 0 aliphatic rings. The van der Waals surface area contributed by atoms with E-state index in [2.05, 4.69) is 0 Å². The van der Waals surface area contributed by atoms with Gasteiger partial charge in [0.1, 0.15) is 5.82 Å². The lowest BCUT2D eigenvalue weighted by atomic mass is 10.1. The second kappa shape index (κ2) is 5.63. The Hall–Kier alpha value is -2.24. The third-order valence-corrected chi connectivity index (χ3v) is 3.09. The summed E-state index contributed by atoms with van der Waals surface area (Å²) in [6.07, 6.45) is -4.55. The molecule has 112 valence electrons. The number of anilines is 2. The highest BCUT2D eigenvalue weighted by Gasteiger charge is 2.31. The first-order valence-corrected chi connectivity index (χ1v) is 6.19. The number of hydrogen-bond donors (Lipinski definition) is 1. The van der Waals surface area contributed by atoms with E-state index in [-0.39, 0.29) is 5.69 Å². The molecule has 6 heteroatoms. The normalized spacial score (nSPS) is 11.5. The van der Waals surface area contributed by atoms with Crippen LogP contribution >= 0.6 is 0 Å². The second-order valence-electron chi connectivity index (χ2n) is 4.76. The molecule has 0 atom stereocenters. The summed E-state index contributed by atoms with van der Waals surface area (Å²) < 4.78 is 51.3. The lowest BCUT2D eigenvalue weighted by Gasteiger charge is -2.21. The maximum Gasteiger partial charge on any atom is 0.416 e. The summed E-state index contributed by atoms with van der Waals surface area (Å²) >= 11 is 0. The second-order valence-corrected chi connectivity index (χ2v) is 4.76. The lowest BCUT2D eigenvalue weighted by Crippen LogP contribution is -2.18. The van der Waals surface area contributed by atoms with E-state index >= 15 is 0 Å². The Morgan fingerprint density at radius 1 is 1.05 bits per heavy atom. The molecule has 0 spiro atoms. The van der Waals surface area contributed by atoms with Crippen LogP contribution in [0.3, 0.4) is 0 Å². The van der Waals surface area contributed by atoms with Gasteiger partial charge in [-0.1, -0.05) is 12.1 Å². The summed E-state index contributed by atoms with van der Waals surface area (Å²) in [6.45, 7) is 0.364. The zero-order valence-electron chi connectivity index (χ0n) is 11.3. The fourth-order valence-electron chi connectivity index (χ4n) is 1.97. The molecule has 0 radical (unpaired) electrons. The number of nitrogens with two attached hydrogens (primary N) is 1. The first-order valence-electron chi connectivity index (χ1n) is 6.19. The highest BCUT2D eigenvalue weighted by Crippen LogP contribution is 2.32. The van der Waals surface area contributed by atoms with Crippen LogP contribution in [-0.4, -0.2) is 7.05 Å². The van der Waals surface area contributed by atoms with Gasteiger partial charge < -0.3 is 10.6 Å². The van der Waals surface area contributed by atoms with Crippen molar-refractivity contribution in [3.05, 3.63) is 59.4 Å². The predicted octanol–water partition coefficient (Wildman–Crippen LogP) is 4.06. The van der Waals surface area contributed by atoms with Gasteiger partial charge in [-0.3, -0.25) is 0 Å². The summed E-state index contributed by atoms with van der Waals surface area (Å²) in [4.78, 5) is 1.54. The fraction of sp³-hybridized carbons (Fsp3) is 0.200. The molecule has 2 aromatic carbocycles. The van der Waals surface area contributed by atoms with Crippen LogP contribution in [-0.2, 0) is 12.7 Å². The van der Waals surface area contributed by atoms with E-state index in [4.69, 9.17) is 5.73 Å². The molecule has 0 aliphatic carbocycles. The van der Waals surface area contributed by atoms with Gasteiger partial charge in [0.2, 0.25) is 0 Å². The van der Waals surface area contributed by atoms with Gasteiger partial charge in [-0.2, -0.15) is 13.2 Å². The molecule has 0 fully saturated rings. The topological polar surface area (TPSA) is 29.3 Å². The van der Waals surface area contributed by atoms with Gasteiger partial charge in [0.05, 0.1) is 11.3 Å². The van der Waals surface area contributed by atoms with Gasteiger partial charge in [0.15, 0.2) is 0 Å². The smallest absolute Gasteiger partial charge is 0.399 e. The van der Waals surface area contributed by atoms with Gasteiger partial charge >= 0.3 is 6.18 Å². The van der Waals surface area contributed by atoms with E-state index in [0.717, 1.165) is 17.7 Å². The Balaban J connectivity index is 2.19. The van der Waals surface area contributed by atoms with E-state index in [9.17, 15) is 17.6 Å². The minimum atomic E-state index is -4.55. The van der Waals surface area contributed by atoms with Gasteiger partial charge in [0.25, 0.3) is 0 Å². The fourth-order valence-corrected chi connectivity index (χ4v) is 1.97. The number of hydrogen-bond acceptors (Lipinski definition) is 2. The van der Waals surface area contributed by atoms with Gasteiger partial charge in [-0.15, -0.1) is 0 Å². The van der Waals surface area contributed by atoms with E-state index in [0.29, 0.717) is 18.3 Å². The van der Waals surface area contributed by atoms with Crippen molar-refractivity contribution < 1.29 is 17.6 Å². The minimum Gasteiger partial charge on any atom is -0.399 e. The first kappa shape index (κ1) is 15.2. The highest BCUT2D eigenvalue weighted by molar-refractivity contribution is 5.50. The van der Waals surface area contributed by atoms with Crippen molar-refractivity contribution in [3.8, 4) is 0 Å². The summed E-state index contributed by atoms with van der Waals surface area (Å²) in [7, 11) is 1.61. The number of halogens is 4. The molecule has 2 nitrogen and oxygen atoms in total. The zero-order chi connectivity index (χ0) is 15.6. The van der Waals surface area contributed by atoms with Crippen LogP contribution in [0.4, 0.5) is 28.9 Å². The van der Waals surface area contributed by atoms with Crippen LogP contribution in [0.1, 0.15) is 11.1 Å². The molecule has 0 bridgehead atoms. The van der Waals surface area contributed by atoms with E-state index in [1.165, 1.54) is 0 Å². The Morgan fingerprint density at radius 3 is 2.19 bits per heavy atom. The number of nitrogens with zero attached hydrogens (tertiary/aromatic N) is 1. The monoisotopic (exact) mass is 298 g/mol. The van der Waals surface area contributed by atoms with E-state index < -0.39 is 17.6 Å². The quantitative estimate of drug-likeness (QED) is 0.684. The van der Waals surface area contributed by atoms with Gasteiger partial charge in [-0.25, -0.2) is 4.39 Å². The summed E-state index contributed by atoms with van der Waals surface area (Å²) in [5.74, 6) is -0.900. The number of alkyl halides is 3. The van der Waals surface area contributed by atoms with Crippen molar-refractivity contribution in [2.45, 2.75) is 12.7 Å². The molecule has 0 heterocycles. The molecule has 0 saturated carbocycles. The maximum absolute atomic E-state index is 13.8. The van der Waals surface area contributed by atoms with Gasteiger partial charge in [-0.05, 0) is 35.9 Å². The molecular formula is C15H14F4N2. The maximum atomic E-state index is 13.8. The Labute approximate surface area is 119 Å². The van der Waals surface area contributed by atoms with Crippen LogP contribution in [0.15, 0.2) is 42.5 Å². The standard InChI is InChI=1S/C15H14F4N2/c1-21(9-10-2-5-12(20)6-3-10)14-7-4-11(8-13(14)16)15(17,18)19/h2-8H,9,20H2,1H3. The van der Waals surface area contributed by atoms with Crippen LogP contribution < -0.4 is 10.6 Å². The van der Waals surface area contributed by atoms with E-state index in [1.54, 1.807) is 36.2 Å². The summed E-state index contributed by atoms with van der Waals surface area (Å²) in [5, 5.41) is 0. The molecule has 2 rings (SSSR count). The third kappa shape index (κ3) is 3.65. The Morgan fingerprint density at radius 2 is 1.67 bits per heavy atom. The average Bonchev–Trinajstić information content (AvgIpc) is 2.40. The summed E-state index contributed by atoms with van der Waals surface area (Å²) in [6, 6.07) is 9.52. The van der Waals surface area contributed by atoms with Crippen molar-refractivity contribution in [3.63, 3.8) is 0 Å². The largest absolute Gasteiger partial charge is 0.416 e. The van der Waals surface area contributed by atoms with Crippen LogP contribution in [0, 0.1) is 5.82 Å². The molecule has 21 heavy (non-hydrogen) atoms. The number of rotatable bonds is 3. The van der Waals surface area contributed by atoms with Crippen molar-refractivity contribution in [1.29, 1.82) is 0 Å². The predicted molar refractivity (Wildman–Crippen MR) is 74.4 cm³/mol. The zero-order valence-corrected chi connectivity index (χ0v) is 11.3. The van der Waals surface area contributed by atoms with Crippen LogP contribution in [0.25, 0.3) is 0 Å². The highest BCUT2D eigenvalue weighted by atomic mass is 19.4. The molecule has 0 unspecified atom stereocenters. The molecule has 0 amide bonds. The van der Waals surface area contributed by atoms with Crippen molar-refractivity contribution in [2.24, 2.45) is 0 Å². The minimum absolute atomic E-state index is 0.111. The van der Waals surface area contributed by atoms with E-state index in [1.807, 2.05) is 0 Å². The Bertz CT molecular complexity index is 621. The first-order chi connectivity index (χ1) is 9.77. The average molecular weight is 298 g/mol. The molecule has 0 aliphatic heterocycles. The molecule has 2 N–H and O–H groups in total. The SMILES string of the molecule is CN(Cc1ccc(N)cc1)c1ccc(C(F)(F)F)cc1F. The van der Waals surface area contributed by atoms with Crippen molar-refractivity contribution in [1.82, 2.24) is 0 Å². The van der Waals surface area contributed by atoms with Crippen molar-refractivity contribution in [2.75, 3.05) is 17.7 Å². The molecule has 2 aromatic rings. The Kier molecular flexibility index (Phi) is 4.06. The molecule has 0 saturated heterocycles.